The number of fused-ring (bicyclic) bond motifs is 1. The van der Waals surface area contributed by atoms with E-state index in [2.05, 4.69) is 31.1 Å². The Hall–Kier alpha value is -2.62. The van der Waals surface area contributed by atoms with Gasteiger partial charge in [-0.2, -0.15) is 0 Å². The van der Waals surface area contributed by atoms with Gasteiger partial charge in [0.1, 0.15) is 5.58 Å². The third kappa shape index (κ3) is 3.11. The van der Waals surface area contributed by atoms with Crippen molar-refractivity contribution in [2.24, 2.45) is 0 Å². The first-order valence-corrected chi connectivity index (χ1v) is 7.65. The summed E-state index contributed by atoms with van der Waals surface area (Å²) in [5.74, 6) is -0.156. The number of pyridine rings is 1. The quantitative estimate of drug-likeness (QED) is 0.794. The highest BCUT2D eigenvalue weighted by molar-refractivity contribution is 6.05. The third-order valence-electron chi connectivity index (χ3n) is 3.83. The van der Waals surface area contributed by atoms with Gasteiger partial charge >= 0.3 is 0 Å². The van der Waals surface area contributed by atoms with E-state index in [0.29, 0.717) is 17.7 Å². The van der Waals surface area contributed by atoms with Crippen molar-refractivity contribution >= 4 is 16.9 Å². The Morgan fingerprint density at radius 2 is 2.00 bits per heavy atom. The number of hydrogen-bond donors (Lipinski definition) is 1. The number of furan rings is 1. The van der Waals surface area contributed by atoms with Crippen LogP contribution in [0, 0.1) is 0 Å². The minimum absolute atomic E-state index is 0.00884. The number of hydrogen-bond acceptors (Lipinski definition) is 3. The smallest absolute Gasteiger partial charge is 0.255 e. The summed E-state index contributed by atoms with van der Waals surface area (Å²) in [6, 6.07) is 11.4. The van der Waals surface area contributed by atoms with Crippen molar-refractivity contribution in [3.63, 3.8) is 0 Å². The van der Waals surface area contributed by atoms with Gasteiger partial charge < -0.3 is 9.73 Å². The molecular weight excluding hydrogens is 288 g/mol. The molecule has 0 saturated carbocycles. The van der Waals surface area contributed by atoms with Crippen molar-refractivity contribution in [2.75, 3.05) is 0 Å². The highest BCUT2D eigenvalue weighted by Crippen LogP contribution is 2.32. The first-order chi connectivity index (χ1) is 11.0. The third-order valence-corrected chi connectivity index (χ3v) is 3.83. The molecule has 0 saturated heterocycles. The molecule has 0 unspecified atom stereocenters. The van der Waals surface area contributed by atoms with Crippen LogP contribution in [-0.4, -0.2) is 10.9 Å². The van der Waals surface area contributed by atoms with Gasteiger partial charge in [0.2, 0.25) is 0 Å². The van der Waals surface area contributed by atoms with Gasteiger partial charge in [-0.3, -0.25) is 9.78 Å². The number of nitrogens with zero attached hydrogens (tertiary/aromatic N) is 1. The summed E-state index contributed by atoms with van der Waals surface area (Å²) in [5, 5.41) is 3.88. The van der Waals surface area contributed by atoms with Crippen LogP contribution in [0.1, 0.15) is 42.4 Å². The summed E-state index contributed by atoms with van der Waals surface area (Å²) in [7, 11) is 0. The number of carbonyl (C=O) groups excluding carboxylic acids is 1. The van der Waals surface area contributed by atoms with Crippen LogP contribution in [0.5, 0.6) is 0 Å². The molecule has 3 rings (SSSR count). The zero-order valence-electron chi connectivity index (χ0n) is 13.6. The normalized spacial score (nSPS) is 11.6. The van der Waals surface area contributed by atoms with Gasteiger partial charge in [-0.05, 0) is 35.2 Å². The SMILES string of the molecule is CC(C)(C)c1ccc(C(=O)NCc2ccccn2)c2occc12. The molecule has 23 heavy (non-hydrogen) atoms. The van der Waals surface area contributed by atoms with Crippen LogP contribution in [0.4, 0.5) is 0 Å². The van der Waals surface area contributed by atoms with Gasteiger partial charge in [0, 0.05) is 11.6 Å². The first kappa shape index (κ1) is 15.3. The average Bonchev–Trinajstić information content (AvgIpc) is 3.01. The Morgan fingerprint density at radius 1 is 1.17 bits per heavy atom. The lowest BCUT2D eigenvalue weighted by Crippen LogP contribution is -2.23. The fourth-order valence-electron chi connectivity index (χ4n) is 2.66. The van der Waals surface area contributed by atoms with Crippen molar-refractivity contribution in [3.8, 4) is 0 Å². The molecule has 4 nitrogen and oxygen atoms in total. The fraction of sp³-hybridized carbons (Fsp3) is 0.263. The molecule has 2 aromatic heterocycles. The highest BCUT2D eigenvalue weighted by atomic mass is 16.3. The van der Waals surface area contributed by atoms with Gasteiger partial charge in [0.15, 0.2) is 0 Å². The maximum Gasteiger partial charge on any atom is 0.255 e. The monoisotopic (exact) mass is 308 g/mol. The summed E-state index contributed by atoms with van der Waals surface area (Å²) < 4.78 is 5.58. The summed E-state index contributed by atoms with van der Waals surface area (Å²) in [4.78, 5) is 16.7. The molecule has 0 fully saturated rings. The van der Waals surface area contributed by atoms with E-state index in [4.69, 9.17) is 4.42 Å². The molecule has 4 heteroatoms. The van der Waals surface area contributed by atoms with Gasteiger partial charge in [-0.15, -0.1) is 0 Å². The second kappa shape index (κ2) is 5.88. The zero-order chi connectivity index (χ0) is 16.4. The molecule has 3 aromatic rings. The van der Waals surface area contributed by atoms with E-state index in [0.717, 1.165) is 11.1 Å². The predicted molar refractivity (Wildman–Crippen MR) is 90.3 cm³/mol. The van der Waals surface area contributed by atoms with E-state index in [1.54, 1.807) is 12.5 Å². The van der Waals surface area contributed by atoms with Crippen LogP contribution in [-0.2, 0) is 12.0 Å². The number of aromatic nitrogens is 1. The Balaban J connectivity index is 1.88. The topological polar surface area (TPSA) is 55.1 Å². The van der Waals surface area contributed by atoms with Crippen LogP contribution in [0.25, 0.3) is 11.0 Å². The Labute approximate surface area is 135 Å². The van der Waals surface area contributed by atoms with Crippen molar-refractivity contribution in [3.05, 3.63) is 65.7 Å². The summed E-state index contributed by atoms with van der Waals surface area (Å²) in [6.45, 7) is 6.84. The Bertz CT molecular complexity index is 829. The highest BCUT2D eigenvalue weighted by Gasteiger charge is 2.21. The van der Waals surface area contributed by atoms with Crippen LogP contribution >= 0.6 is 0 Å². The average molecular weight is 308 g/mol. The van der Waals surface area contributed by atoms with Crippen LogP contribution < -0.4 is 5.32 Å². The molecule has 0 radical (unpaired) electrons. The van der Waals surface area contributed by atoms with E-state index in [1.807, 2.05) is 36.4 Å². The molecule has 0 aliphatic heterocycles. The second-order valence-corrected chi connectivity index (χ2v) is 6.58. The van der Waals surface area contributed by atoms with E-state index in [9.17, 15) is 4.79 Å². The lowest BCUT2D eigenvalue weighted by molar-refractivity contribution is 0.0951. The molecule has 1 N–H and O–H groups in total. The minimum Gasteiger partial charge on any atom is -0.463 e. The summed E-state index contributed by atoms with van der Waals surface area (Å²) in [5.41, 5.74) is 3.17. The number of carbonyl (C=O) groups is 1. The van der Waals surface area contributed by atoms with Crippen molar-refractivity contribution < 1.29 is 9.21 Å². The second-order valence-electron chi connectivity index (χ2n) is 6.58. The van der Waals surface area contributed by atoms with Crippen LogP contribution in [0.3, 0.4) is 0 Å². The Morgan fingerprint density at radius 3 is 2.70 bits per heavy atom. The standard InChI is InChI=1S/C19H20N2O2/c1-19(2,3)16-8-7-15(17-14(16)9-11-23-17)18(22)21-12-13-6-4-5-10-20-13/h4-11H,12H2,1-3H3,(H,21,22). The number of amides is 1. The molecule has 0 atom stereocenters. The van der Waals surface area contributed by atoms with Gasteiger partial charge in [-0.1, -0.05) is 32.9 Å². The van der Waals surface area contributed by atoms with Crippen molar-refractivity contribution in [2.45, 2.75) is 32.7 Å². The molecule has 0 aliphatic rings. The van der Waals surface area contributed by atoms with Gasteiger partial charge in [0.25, 0.3) is 5.91 Å². The number of rotatable bonds is 3. The fourth-order valence-corrected chi connectivity index (χ4v) is 2.66. The molecule has 0 bridgehead atoms. The van der Waals surface area contributed by atoms with Crippen LogP contribution in [0.15, 0.2) is 53.3 Å². The van der Waals surface area contributed by atoms with Crippen LogP contribution in [0.2, 0.25) is 0 Å². The van der Waals surface area contributed by atoms with Crippen molar-refractivity contribution in [1.29, 1.82) is 0 Å². The minimum atomic E-state index is -0.156. The van der Waals surface area contributed by atoms with E-state index >= 15 is 0 Å². The zero-order valence-corrected chi connectivity index (χ0v) is 13.6. The molecule has 0 aliphatic carbocycles. The number of nitrogens with one attached hydrogen (secondary N) is 1. The summed E-state index contributed by atoms with van der Waals surface area (Å²) in [6.07, 6.45) is 3.35. The molecule has 1 amide bonds. The largest absolute Gasteiger partial charge is 0.463 e. The molecule has 1 aromatic carbocycles. The Kier molecular flexibility index (Phi) is 3.90. The molecule has 118 valence electrons. The van der Waals surface area contributed by atoms with Crippen molar-refractivity contribution in [1.82, 2.24) is 10.3 Å². The lowest BCUT2D eigenvalue weighted by Gasteiger charge is -2.20. The maximum atomic E-state index is 12.5. The lowest BCUT2D eigenvalue weighted by atomic mass is 9.84. The van der Waals surface area contributed by atoms with Gasteiger partial charge in [-0.25, -0.2) is 0 Å². The summed E-state index contributed by atoms with van der Waals surface area (Å²) >= 11 is 0. The molecular formula is C19H20N2O2. The molecule has 2 heterocycles. The molecule has 0 spiro atoms. The number of benzene rings is 1. The maximum absolute atomic E-state index is 12.5. The predicted octanol–water partition coefficient (Wildman–Crippen LogP) is 4.06. The van der Waals surface area contributed by atoms with E-state index in [-0.39, 0.29) is 11.3 Å². The van der Waals surface area contributed by atoms with E-state index < -0.39 is 0 Å². The van der Waals surface area contributed by atoms with E-state index in [1.165, 1.54) is 5.56 Å². The first-order valence-electron chi connectivity index (χ1n) is 7.65. The van der Waals surface area contributed by atoms with Gasteiger partial charge in [0.05, 0.1) is 24.1 Å².